The fourth-order valence-corrected chi connectivity index (χ4v) is 1.15. The van der Waals surface area contributed by atoms with Gasteiger partial charge < -0.3 is 10.1 Å². The van der Waals surface area contributed by atoms with Gasteiger partial charge in [0.05, 0.1) is 4.92 Å². The second-order valence-electron chi connectivity index (χ2n) is 3.42. The van der Waals surface area contributed by atoms with Crippen molar-refractivity contribution in [2.75, 3.05) is 6.54 Å². The first-order valence-corrected chi connectivity index (χ1v) is 5.33. The first-order chi connectivity index (χ1) is 8.13. The SMILES string of the molecule is CCCCNC(=O)Oc1ccc([N+](=O)[O-])cc1. The lowest BCUT2D eigenvalue weighted by Crippen LogP contribution is -2.27. The zero-order valence-electron chi connectivity index (χ0n) is 9.51. The molecule has 1 rings (SSSR count). The van der Waals surface area contributed by atoms with Crippen LogP contribution < -0.4 is 10.1 Å². The lowest BCUT2D eigenvalue weighted by Gasteiger charge is -2.05. The van der Waals surface area contributed by atoms with Crippen molar-refractivity contribution in [1.82, 2.24) is 5.32 Å². The van der Waals surface area contributed by atoms with E-state index in [9.17, 15) is 14.9 Å². The monoisotopic (exact) mass is 238 g/mol. The van der Waals surface area contributed by atoms with Crippen LogP contribution in [0.25, 0.3) is 0 Å². The minimum Gasteiger partial charge on any atom is -0.410 e. The Morgan fingerprint density at radius 1 is 1.41 bits per heavy atom. The normalized spacial score (nSPS) is 9.71. The van der Waals surface area contributed by atoms with Gasteiger partial charge in [-0.05, 0) is 18.6 Å². The standard InChI is InChI=1S/C11H14N2O4/c1-2-3-8-12-11(14)17-10-6-4-9(5-7-10)13(15)16/h4-7H,2-3,8H2,1H3,(H,12,14). The van der Waals surface area contributed by atoms with Crippen molar-refractivity contribution >= 4 is 11.8 Å². The van der Waals surface area contributed by atoms with Crippen LogP contribution in [0.5, 0.6) is 5.75 Å². The summed E-state index contributed by atoms with van der Waals surface area (Å²) in [4.78, 5) is 21.1. The predicted octanol–water partition coefficient (Wildman–Crippen LogP) is 2.48. The third kappa shape index (κ3) is 4.50. The van der Waals surface area contributed by atoms with Gasteiger partial charge in [0.25, 0.3) is 5.69 Å². The maximum absolute atomic E-state index is 11.2. The second-order valence-corrected chi connectivity index (χ2v) is 3.42. The number of nitro groups is 1. The molecule has 1 N–H and O–H groups in total. The molecule has 92 valence electrons. The highest BCUT2D eigenvalue weighted by atomic mass is 16.6. The fourth-order valence-electron chi connectivity index (χ4n) is 1.15. The van der Waals surface area contributed by atoms with Gasteiger partial charge in [-0.1, -0.05) is 13.3 Å². The number of amides is 1. The molecule has 17 heavy (non-hydrogen) atoms. The van der Waals surface area contributed by atoms with E-state index < -0.39 is 11.0 Å². The van der Waals surface area contributed by atoms with Crippen LogP contribution in [0, 0.1) is 10.1 Å². The van der Waals surface area contributed by atoms with Crippen LogP contribution >= 0.6 is 0 Å². The van der Waals surface area contributed by atoms with Crippen LogP contribution in [0.15, 0.2) is 24.3 Å². The first-order valence-electron chi connectivity index (χ1n) is 5.33. The molecule has 0 aliphatic carbocycles. The van der Waals surface area contributed by atoms with E-state index in [0.717, 1.165) is 12.8 Å². The summed E-state index contributed by atoms with van der Waals surface area (Å²) in [5.74, 6) is 0.282. The lowest BCUT2D eigenvalue weighted by molar-refractivity contribution is -0.384. The summed E-state index contributed by atoms with van der Waals surface area (Å²) in [6, 6.07) is 5.35. The largest absolute Gasteiger partial charge is 0.412 e. The fraction of sp³-hybridized carbons (Fsp3) is 0.364. The Bertz CT molecular complexity index is 389. The maximum Gasteiger partial charge on any atom is 0.412 e. The van der Waals surface area contributed by atoms with Crippen LogP contribution in [0.2, 0.25) is 0 Å². The molecule has 0 unspecified atom stereocenters. The Kier molecular flexibility index (Phi) is 4.93. The molecule has 6 nitrogen and oxygen atoms in total. The predicted molar refractivity (Wildman–Crippen MR) is 62.0 cm³/mol. The van der Waals surface area contributed by atoms with Crippen molar-refractivity contribution in [3.05, 3.63) is 34.4 Å². The van der Waals surface area contributed by atoms with Gasteiger partial charge in [0, 0.05) is 18.7 Å². The zero-order chi connectivity index (χ0) is 12.7. The number of nitrogens with zero attached hydrogens (tertiary/aromatic N) is 1. The molecule has 1 aromatic rings. The number of ether oxygens (including phenoxy) is 1. The topological polar surface area (TPSA) is 81.5 Å². The number of hydrogen-bond donors (Lipinski definition) is 1. The molecule has 1 amide bonds. The molecule has 0 saturated heterocycles. The minimum atomic E-state index is -0.549. The summed E-state index contributed by atoms with van der Waals surface area (Å²) in [6.07, 6.45) is 1.32. The summed E-state index contributed by atoms with van der Waals surface area (Å²) < 4.78 is 4.92. The highest BCUT2D eigenvalue weighted by molar-refractivity contribution is 5.70. The molecule has 0 saturated carbocycles. The number of carbonyl (C=O) groups is 1. The van der Waals surface area contributed by atoms with Crippen LogP contribution in [-0.4, -0.2) is 17.6 Å². The van der Waals surface area contributed by atoms with Gasteiger partial charge in [0.15, 0.2) is 0 Å². The van der Waals surface area contributed by atoms with Crippen LogP contribution in [0.4, 0.5) is 10.5 Å². The van der Waals surface area contributed by atoms with Gasteiger partial charge in [-0.2, -0.15) is 0 Å². The van der Waals surface area contributed by atoms with Gasteiger partial charge in [0.2, 0.25) is 0 Å². The van der Waals surface area contributed by atoms with Gasteiger partial charge in [-0.15, -0.1) is 0 Å². The molecule has 0 fully saturated rings. The van der Waals surface area contributed by atoms with Gasteiger partial charge in [-0.25, -0.2) is 4.79 Å². The van der Waals surface area contributed by atoms with E-state index in [-0.39, 0.29) is 11.4 Å². The molecule has 6 heteroatoms. The summed E-state index contributed by atoms with van der Waals surface area (Å²) >= 11 is 0. The van der Waals surface area contributed by atoms with E-state index in [1.54, 1.807) is 0 Å². The molecule has 0 radical (unpaired) electrons. The molecule has 0 bridgehead atoms. The van der Waals surface area contributed by atoms with E-state index in [1.807, 2.05) is 6.92 Å². The molecular weight excluding hydrogens is 224 g/mol. The second kappa shape index (κ2) is 6.47. The first kappa shape index (κ1) is 13.0. The number of unbranched alkanes of at least 4 members (excludes halogenated alkanes) is 1. The molecule has 0 heterocycles. The van der Waals surface area contributed by atoms with Gasteiger partial charge in [-0.3, -0.25) is 10.1 Å². The van der Waals surface area contributed by atoms with Crippen molar-refractivity contribution in [3.8, 4) is 5.75 Å². The van der Waals surface area contributed by atoms with Crippen molar-refractivity contribution < 1.29 is 14.5 Å². The Labute approximate surface area is 98.7 Å². The number of benzene rings is 1. The van der Waals surface area contributed by atoms with Crippen LogP contribution in [0.1, 0.15) is 19.8 Å². The van der Waals surface area contributed by atoms with Crippen molar-refractivity contribution in [3.63, 3.8) is 0 Å². The lowest BCUT2D eigenvalue weighted by atomic mass is 10.3. The summed E-state index contributed by atoms with van der Waals surface area (Å²) in [7, 11) is 0. The van der Waals surface area contributed by atoms with Crippen molar-refractivity contribution in [2.45, 2.75) is 19.8 Å². The van der Waals surface area contributed by atoms with Crippen molar-refractivity contribution in [1.29, 1.82) is 0 Å². The maximum atomic E-state index is 11.2. The quantitative estimate of drug-likeness (QED) is 0.485. The molecular formula is C11H14N2O4. The Balaban J connectivity index is 2.46. The summed E-state index contributed by atoms with van der Waals surface area (Å²) in [5, 5.41) is 13.0. The number of non-ortho nitro benzene ring substituents is 1. The van der Waals surface area contributed by atoms with E-state index >= 15 is 0 Å². The van der Waals surface area contributed by atoms with Crippen molar-refractivity contribution in [2.24, 2.45) is 0 Å². The average Bonchev–Trinajstić information content (AvgIpc) is 2.30. The van der Waals surface area contributed by atoms with Crippen LogP contribution in [0.3, 0.4) is 0 Å². The smallest absolute Gasteiger partial charge is 0.410 e. The van der Waals surface area contributed by atoms with E-state index in [4.69, 9.17) is 4.74 Å². The molecule has 0 aliphatic rings. The van der Waals surface area contributed by atoms with E-state index in [0.29, 0.717) is 6.54 Å². The van der Waals surface area contributed by atoms with Crippen LogP contribution in [-0.2, 0) is 0 Å². The Hall–Kier alpha value is -2.11. The number of nitrogens with one attached hydrogen (secondary N) is 1. The van der Waals surface area contributed by atoms with Gasteiger partial charge in [0.1, 0.15) is 5.75 Å². The molecule has 0 atom stereocenters. The third-order valence-corrected chi connectivity index (χ3v) is 2.06. The Morgan fingerprint density at radius 3 is 2.59 bits per heavy atom. The summed E-state index contributed by atoms with van der Waals surface area (Å²) in [5.41, 5.74) is -0.0382. The highest BCUT2D eigenvalue weighted by Gasteiger charge is 2.07. The number of rotatable bonds is 5. The number of hydrogen-bond acceptors (Lipinski definition) is 4. The Morgan fingerprint density at radius 2 is 2.06 bits per heavy atom. The molecule has 0 aliphatic heterocycles. The highest BCUT2D eigenvalue weighted by Crippen LogP contribution is 2.17. The third-order valence-electron chi connectivity index (χ3n) is 2.06. The summed E-state index contributed by atoms with van der Waals surface area (Å²) in [6.45, 7) is 2.58. The van der Waals surface area contributed by atoms with E-state index in [2.05, 4.69) is 5.32 Å². The number of nitro benzene ring substituents is 1. The molecule has 0 spiro atoms. The van der Waals surface area contributed by atoms with E-state index in [1.165, 1.54) is 24.3 Å². The minimum absolute atomic E-state index is 0.0382. The number of carbonyl (C=O) groups excluding carboxylic acids is 1. The average molecular weight is 238 g/mol. The van der Waals surface area contributed by atoms with Gasteiger partial charge >= 0.3 is 6.09 Å². The zero-order valence-corrected chi connectivity index (χ0v) is 9.51. The molecule has 0 aromatic heterocycles. The molecule has 1 aromatic carbocycles.